The Morgan fingerprint density at radius 1 is 1.19 bits per heavy atom. The first-order chi connectivity index (χ1) is 10.1. The zero-order chi connectivity index (χ0) is 15.2. The second-order valence-corrected chi connectivity index (χ2v) is 4.87. The molecule has 5 heteroatoms. The van der Waals surface area contributed by atoms with Gasteiger partial charge in [0.25, 0.3) is 0 Å². The predicted octanol–water partition coefficient (Wildman–Crippen LogP) is 4.07. The summed E-state index contributed by atoms with van der Waals surface area (Å²) in [5, 5.41) is 13.1. The van der Waals surface area contributed by atoms with Crippen LogP contribution in [0.25, 0.3) is 0 Å². The molecule has 0 saturated carbocycles. The Labute approximate surface area is 129 Å². The Kier molecular flexibility index (Phi) is 5.17. The smallest absolute Gasteiger partial charge is 0.166 e. The monoisotopic (exact) mass is 307 g/mol. The maximum absolute atomic E-state index is 9.28. The van der Waals surface area contributed by atoms with Crippen molar-refractivity contribution in [2.75, 3.05) is 19.0 Å². The molecule has 0 aliphatic heterocycles. The lowest BCUT2D eigenvalue weighted by Gasteiger charge is -2.16. The standard InChI is InChI=1S/C16H18ClNO3/c1-3-21-16-11(8-12(17)9-15(16)20-2)10-18-13-4-6-14(19)7-5-13/h4-9,18-19H,3,10H2,1-2H3. The van der Waals surface area contributed by atoms with Crippen molar-refractivity contribution < 1.29 is 14.6 Å². The van der Waals surface area contributed by atoms with Crippen molar-refractivity contribution in [3.63, 3.8) is 0 Å². The van der Waals surface area contributed by atoms with E-state index in [-0.39, 0.29) is 5.75 Å². The second-order valence-electron chi connectivity index (χ2n) is 4.43. The van der Waals surface area contributed by atoms with Crippen molar-refractivity contribution in [3.05, 3.63) is 47.0 Å². The molecule has 2 aromatic carbocycles. The summed E-state index contributed by atoms with van der Waals surface area (Å²) in [5.41, 5.74) is 1.81. The van der Waals surface area contributed by atoms with Crippen LogP contribution in [-0.2, 0) is 6.54 Å². The highest BCUT2D eigenvalue weighted by atomic mass is 35.5. The third kappa shape index (κ3) is 3.95. The highest BCUT2D eigenvalue weighted by molar-refractivity contribution is 6.30. The number of benzene rings is 2. The van der Waals surface area contributed by atoms with E-state index >= 15 is 0 Å². The maximum Gasteiger partial charge on any atom is 0.166 e. The van der Waals surface area contributed by atoms with Crippen LogP contribution in [0.4, 0.5) is 5.69 Å². The molecule has 0 unspecified atom stereocenters. The number of hydrogen-bond donors (Lipinski definition) is 2. The van der Waals surface area contributed by atoms with Crippen molar-refractivity contribution in [1.82, 2.24) is 0 Å². The number of halogens is 1. The van der Waals surface area contributed by atoms with Gasteiger partial charge in [0.2, 0.25) is 0 Å². The Bertz CT molecular complexity index is 599. The fourth-order valence-electron chi connectivity index (χ4n) is 1.99. The van der Waals surface area contributed by atoms with Gasteiger partial charge in [-0.3, -0.25) is 0 Å². The molecule has 2 rings (SSSR count). The SMILES string of the molecule is CCOc1c(CNc2ccc(O)cc2)cc(Cl)cc1OC. The molecular formula is C16H18ClNO3. The zero-order valence-corrected chi connectivity index (χ0v) is 12.8. The first-order valence-electron chi connectivity index (χ1n) is 6.66. The highest BCUT2D eigenvalue weighted by Gasteiger charge is 2.12. The summed E-state index contributed by atoms with van der Waals surface area (Å²) >= 11 is 6.11. The van der Waals surface area contributed by atoms with E-state index in [2.05, 4.69) is 5.32 Å². The molecule has 0 amide bonds. The number of aromatic hydroxyl groups is 1. The molecule has 0 aromatic heterocycles. The molecular weight excluding hydrogens is 290 g/mol. The van der Waals surface area contributed by atoms with Gasteiger partial charge < -0.3 is 19.9 Å². The molecule has 0 aliphatic rings. The number of anilines is 1. The van der Waals surface area contributed by atoms with Gasteiger partial charge >= 0.3 is 0 Å². The molecule has 0 spiro atoms. The average molecular weight is 308 g/mol. The molecule has 0 aliphatic carbocycles. The number of nitrogens with one attached hydrogen (secondary N) is 1. The van der Waals surface area contributed by atoms with Crippen LogP contribution in [0.15, 0.2) is 36.4 Å². The van der Waals surface area contributed by atoms with E-state index in [1.807, 2.05) is 13.0 Å². The normalized spacial score (nSPS) is 10.2. The quantitative estimate of drug-likeness (QED) is 0.790. The molecule has 0 radical (unpaired) electrons. The van der Waals surface area contributed by atoms with Crippen LogP contribution in [0.5, 0.6) is 17.2 Å². The van der Waals surface area contributed by atoms with E-state index in [1.54, 1.807) is 37.4 Å². The van der Waals surface area contributed by atoms with Gasteiger partial charge in [-0.15, -0.1) is 0 Å². The lowest BCUT2D eigenvalue weighted by Crippen LogP contribution is -2.05. The van der Waals surface area contributed by atoms with Crippen LogP contribution in [-0.4, -0.2) is 18.8 Å². The van der Waals surface area contributed by atoms with Crippen molar-refractivity contribution in [2.45, 2.75) is 13.5 Å². The molecule has 2 N–H and O–H groups in total. The maximum atomic E-state index is 9.28. The van der Waals surface area contributed by atoms with E-state index < -0.39 is 0 Å². The van der Waals surface area contributed by atoms with Gasteiger partial charge in [0.15, 0.2) is 11.5 Å². The van der Waals surface area contributed by atoms with E-state index in [1.165, 1.54) is 0 Å². The number of methoxy groups -OCH3 is 1. The molecule has 112 valence electrons. The first-order valence-corrected chi connectivity index (χ1v) is 7.04. The minimum Gasteiger partial charge on any atom is -0.508 e. The molecule has 2 aromatic rings. The number of phenols is 1. The summed E-state index contributed by atoms with van der Waals surface area (Å²) in [6.45, 7) is 3.01. The van der Waals surface area contributed by atoms with E-state index in [0.717, 1.165) is 11.3 Å². The van der Waals surface area contributed by atoms with Gasteiger partial charge in [0, 0.05) is 28.9 Å². The summed E-state index contributed by atoms with van der Waals surface area (Å²) in [4.78, 5) is 0. The van der Waals surface area contributed by atoms with Gasteiger partial charge in [-0.1, -0.05) is 11.6 Å². The average Bonchev–Trinajstić information content (AvgIpc) is 2.48. The number of hydrogen-bond acceptors (Lipinski definition) is 4. The lowest BCUT2D eigenvalue weighted by molar-refractivity contribution is 0.308. The third-order valence-electron chi connectivity index (χ3n) is 2.96. The van der Waals surface area contributed by atoms with Gasteiger partial charge in [-0.2, -0.15) is 0 Å². The lowest BCUT2D eigenvalue weighted by atomic mass is 10.1. The van der Waals surface area contributed by atoms with E-state index in [4.69, 9.17) is 21.1 Å². The Morgan fingerprint density at radius 2 is 1.90 bits per heavy atom. The molecule has 0 bridgehead atoms. The highest BCUT2D eigenvalue weighted by Crippen LogP contribution is 2.35. The summed E-state index contributed by atoms with van der Waals surface area (Å²) < 4.78 is 11.0. The van der Waals surface area contributed by atoms with Gasteiger partial charge in [-0.25, -0.2) is 0 Å². The number of phenolic OH excluding ortho intramolecular Hbond substituents is 1. The molecule has 0 atom stereocenters. The second kappa shape index (κ2) is 7.09. The van der Waals surface area contributed by atoms with E-state index in [9.17, 15) is 5.11 Å². The van der Waals surface area contributed by atoms with Crippen LogP contribution in [0.3, 0.4) is 0 Å². The van der Waals surface area contributed by atoms with E-state index in [0.29, 0.717) is 29.7 Å². The van der Waals surface area contributed by atoms with Crippen molar-refractivity contribution in [1.29, 1.82) is 0 Å². The fraction of sp³-hybridized carbons (Fsp3) is 0.250. The molecule has 0 fully saturated rings. The van der Waals surface area contributed by atoms with Gasteiger partial charge in [0.1, 0.15) is 5.75 Å². The zero-order valence-electron chi connectivity index (χ0n) is 12.0. The Morgan fingerprint density at radius 3 is 2.52 bits per heavy atom. The number of ether oxygens (including phenoxy) is 2. The largest absolute Gasteiger partial charge is 0.508 e. The minimum absolute atomic E-state index is 0.236. The summed E-state index contributed by atoms with van der Waals surface area (Å²) in [6.07, 6.45) is 0. The predicted molar refractivity (Wildman–Crippen MR) is 84.6 cm³/mol. The van der Waals surface area contributed by atoms with Gasteiger partial charge in [-0.05, 0) is 37.3 Å². The summed E-state index contributed by atoms with van der Waals surface area (Å²) in [5.74, 6) is 1.54. The topological polar surface area (TPSA) is 50.7 Å². The summed E-state index contributed by atoms with van der Waals surface area (Å²) in [7, 11) is 1.59. The van der Waals surface area contributed by atoms with Crippen LogP contribution >= 0.6 is 11.6 Å². The first kappa shape index (κ1) is 15.3. The van der Waals surface area contributed by atoms with Crippen molar-refractivity contribution >= 4 is 17.3 Å². The van der Waals surface area contributed by atoms with Crippen molar-refractivity contribution in [3.8, 4) is 17.2 Å². The van der Waals surface area contributed by atoms with Crippen LogP contribution in [0, 0.1) is 0 Å². The molecule has 4 nitrogen and oxygen atoms in total. The molecule has 0 saturated heterocycles. The Balaban J connectivity index is 2.21. The fourth-order valence-corrected chi connectivity index (χ4v) is 2.22. The minimum atomic E-state index is 0.236. The van der Waals surface area contributed by atoms with Crippen LogP contribution in [0.2, 0.25) is 5.02 Å². The van der Waals surface area contributed by atoms with Crippen LogP contribution < -0.4 is 14.8 Å². The third-order valence-corrected chi connectivity index (χ3v) is 3.17. The van der Waals surface area contributed by atoms with Crippen molar-refractivity contribution in [2.24, 2.45) is 0 Å². The summed E-state index contributed by atoms with van der Waals surface area (Å²) in [6, 6.07) is 10.4. The molecule has 21 heavy (non-hydrogen) atoms. The molecule has 0 heterocycles. The van der Waals surface area contributed by atoms with Crippen LogP contribution in [0.1, 0.15) is 12.5 Å². The Hall–Kier alpha value is -2.07. The number of rotatable bonds is 6. The van der Waals surface area contributed by atoms with Gasteiger partial charge in [0.05, 0.1) is 13.7 Å².